The summed E-state index contributed by atoms with van der Waals surface area (Å²) in [5.74, 6) is 1.06. The fourth-order valence-corrected chi connectivity index (χ4v) is 32.3. The zero-order valence-electron chi connectivity index (χ0n) is 30.3. The highest BCUT2D eigenvalue weighted by Gasteiger charge is 2.59. The molecule has 4 aromatic rings. The van der Waals surface area contributed by atoms with E-state index in [1.54, 1.807) is 0 Å². The third-order valence-corrected chi connectivity index (χ3v) is 28.4. The van der Waals surface area contributed by atoms with Gasteiger partial charge in [-0.15, -0.1) is 0 Å². The maximum atomic E-state index is 8.13. The molecule has 1 aliphatic rings. The van der Waals surface area contributed by atoms with E-state index >= 15 is 0 Å². The molecular formula is C40H56O4Si4. The SMILES string of the molecule is CC(C[Si]1(CC(C)c2ccccc2)O[Si](C)(C)O[Si](C)(C)O[Si](CC(C)c2ccccc2)(CC(C)c2ccccc2)O1)c1ccccc1. The summed E-state index contributed by atoms with van der Waals surface area (Å²) in [7, 11) is -11.4. The van der Waals surface area contributed by atoms with Gasteiger partial charge in [-0.25, -0.2) is 0 Å². The highest BCUT2D eigenvalue weighted by molar-refractivity contribution is 6.94. The molecule has 8 heteroatoms. The Kier molecular flexibility index (Phi) is 12.0. The summed E-state index contributed by atoms with van der Waals surface area (Å²) in [4.78, 5) is 0. The van der Waals surface area contributed by atoms with E-state index in [4.69, 9.17) is 16.5 Å². The molecule has 0 aliphatic carbocycles. The van der Waals surface area contributed by atoms with Crippen molar-refractivity contribution in [3.63, 3.8) is 0 Å². The minimum Gasteiger partial charge on any atom is -0.416 e. The molecule has 1 heterocycles. The maximum absolute atomic E-state index is 8.13. The Morgan fingerprint density at radius 1 is 0.354 bits per heavy atom. The molecule has 0 N–H and O–H groups in total. The van der Waals surface area contributed by atoms with Gasteiger partial charge in [-0.1, -0.05) is 149 Å². The highest BCUT2D eigenvalue weighted by Crippen LogP contribution is 2.46. The number of hydrogen-bond acceptors (Lipinski definition) is 4. The number of benzene rings is 4. The molecular weight excluding hydrogens is 657 g/mol. The first-order valence-corrected chi connectivity index (χ1v) is 27.9. The number of hydrogen-bond donors (Lipinski definition) is 0. The second-order valence-electron chi connectivity index (χ2n) is 15.1. The van der Waals surface area contributed by atoms with E-state index in [1.807, 2.05) is 0 Å². The Labute approximate surface area is 294 Å². The molecule has 0 saturated carbocycles. The standard InChI is InChI=1S/C40H56O4Si4/c1-33(37-21-13-9-14-22-37)29-47(30-34(2)38-23-15-10-16-24-38)42-45(5,6)41-46(7,8)43-48(44-47,31-35(3)39-25-17-11-18-26-39)32-36(4)40-27-19-12-20-28-40/h9-28,33-36H,29-32H2,1-8H3. The second-order valence-corrected chi connectivity index (χ2v) is 29.2. The molecule has 0 aromatic heterocycles. The molecule has 4 aromatic carbocycles. The van der Waals surface area contributed by atoms with Crippen molar-refractivity contribution in [2.45, 2.75) is 102 Å². The summed E-state index contributed by atoms with van der Waals surface area (Å²) in [5.41, 5.74) is 5.29. The minimum atomic E-state index is -3.03. The van der Waals surface area contributed by atoms with Crippen LogP contribution in [-0.2, 0) is 16.5 Å². The highest BCUT2D eigenvalue weighted by atomic mass is 28.5. The predicted molar refractivity (Wildman–Crippen MR) is 209 cm³/mol. The Morgan fingerprint density at radius 3 is 0.812 bits per heavy atom. The van der Waals surface area contributed by atoms with Crippen LogP contribution in [0.2, 0.25) is 50.4 Å². The van der Waals surface area contributed by atoms with E-state index in [2.05, 4.69) is 175 Å². The van der Waals surface area contributed by atoms with Crippen LogP contribution in [0.25, 0.3) is 0 Å². The van der Waals surface area contributed by atoms with Crippen molar-refractivity contribution < 1.29 is 16.5 Å². The van der Waals surface area contributed by atoms with E-state index in [1.165, 1.54) is 22.3 Å². The van der Waals surface area contributed by atoms with Crippen molar-refractivity contribution in [3.8, 4) is 0 Å². The average molecular weight is 713 g/mol. The summed E-state index contributed by atoms with van der Waals surface area (Å²) in [6, 6.07) is 47.0. The van der Waals surface area contributed by atoms with Crippen molar-refractivity contribution in [1.29, 1.82) is 0 Å². The van der Waals surface area contributed by atoms with Gasteiger partial charge >= 0.3 is 34.2 Å². The largest absolute Gasteiger partial charge is 0.416 e. The first-order chi connectivity index (χ1) is 22.8. The summed E-state index contributed by atoms with van der Waals surface area (Å²) >= 11 is 0. The van der Waals surface area contributed by atoms with Gasteiger partial charge in [0.15, 0.2) is 0 Å². The van der Waals surface area contributed by atoms with Gasteiger partial charge in [0.1, 0.15) is 0 Å². The van der Waals surface area contributed by atoms with E-state index in [0.717, 1.165) is 24.2 Å². The molecule has 1 saturated heterocycles. The van der Waals surface area contributed by atoms with E-state index in [-0.39, 0.29) is 23.7 Å². The van der Waals surface area contributed by atoms with Crippen molar-refractivity contribution >= 4 is 34.2 Å². The Balaban J connectivity index is 1.66. The van der Waals surface area contributed by atoms with Crippen LogP contribution in [0.5, 0.6) is 0 Å². The number of rotatable bonds is 12. The summed E-state index contributed by atoms with van der Waals surface area (Å²) in [6.45, 7) is 18.2. The smallest absolute Gasteiger partial charge is 0.321 e. The molecule has 5 rings (SSSR count). The monoisotopic (exact) mass is 712 g/mol. The summed E-state index contributed by atoms with van der Waals surface area (Å²) in [6.07, 6.45) is 0. The van der Waals surface area contributed by atoms with Gasteiger partial charge in [0.25, 0.3) is 0 Å². The van der Waals surface area contributed by atoms with Crippen LogP contribution in [0.1, 0.15) is 73.6 Å². The maximum Gasteiger partial charge on any atom is 0.321 e. The third kappa shape index (κ3) is 9.85. The van der Waals surface area contributed by atoms with Gasteiger partial charge in [-0.05, 0) is 96.3 Å². The molecule has 1 fully saturated rings. The lowest BCUT2D eigenvalue weighted by atomic mass is 10.0. The van der Waals surface area contributed by atoms with Crippen LogP contribution < -0.4 is 0 Å². The zero-order valence-corrected chi connectivity index (χ0v) is 34.3. The zero-order chi connectivity index (χ0) is 34.4. The average Bonchev–Trinajstić information content (AvgIpc) is 3.04. The fourth-order valence-electron chi connectivity index (χ4n) is 7.87. The Morgan fingerprint density at radius 2 is 0.583 bits per heavy atom. The van der Waals surface area contributed by atoms with Crippen LogP contribution >= 0.6 is 0 Å². The first kappa shape index (κ1) is 36.9. The molecule has 4 nitrogen and oxygen atoms in total. The lowest BCUT2D eigenvalue weighted by Gasteiger charge is -2.52. The van der Waals surface area contributed by atoms with Crippen molar-refractivity contribution in [2.75, 3.05) is 0 Å². The second kappa shape index (κ2) is 15.6. The first-order valence-electron chi connectivity index (χ1n) is 17.8. The molecule has 256 valence electrons. The third-order valence-electron chi connectivity index (χ3n) is 9.67. The van der Waals surface area contributed by atoms with Crippen LogP contribution in [0, 0.1) is 0 Å². The van der Waals surface area contributed by atoms with E-state index < -0.39 is 34.2 Å². The van der Waals surface area contributed by atoms with Gasteiger partial charge < -0.3 is 16.5 Å². The van der Waals surface area contributed by atoms with Gasteiger partial charge in [0.2, 0.25) is 0 Å². The predicted octanol–water partition coefficient (Wildman–Crippen LogP) is 11.6. The molecule has 48 heavy (non-hydrogen) atoms. The normalized spacial score (nSPS) is 24.8. The van der Waals surface area contributed by atoms with Gasteiger partial charge in [0.05, 0.1) is 0 Å². The topological polar surface area (TPSA) is 36.9 Å². The van der Waals surface area contributed by atoms with Gasteiger partial charge in [-0.2, -0.15) is 0 Å². The van der Waals surface area contributed by atoms with E-state index in [9.17, 15) is 0 Å². The molecule has 4 atom stereocenters. The minimum absolute atomic E-state index is 0.264. The van der Waals surface area contributed by atoms with Crippen molar-refractivity contribution in [2.24, 2.45) is 0 Å². The lowest BCUT2D eigenvalue weighted by Crippen LogP contribution is -2.68. The molecule has 0 bridgehead atoms. The quantitative estimate of drug-likeness (QED) is 0.137. The van der Waals surface area contributed by atoms with Crippen LogP contribution in [0.3, 0.4) is 0 Å². The van der Waals surface area contributed by atoms with Crippen molar-refractivity contribution in [3.05, 3.63) is 144 Å². The molecule has 0 amide bonds. The lowest BCUT2D eigenvalue weighted by molar-refractivity contribution is 0.216. The fraction of sp³-hybridized carbons (Fsp3) is 0.400. The van der Waals surface area contributed by atoms with E-state index in [0.29, 0.717) is 0 Å². The van der Waals surface area contributed by atoms with Crippen molar-refractivity contribution in [1.82, 2.24) is 0 Å². The van der Waals surface area contributed by atoms with Crippen LogP contribution in [0.4, 0.5) is 0 Å². The molecule has 4 unspecified atom stereocenters. The van der Waals surface area contributed by atoms with Crippen LogP contribution in [-0.4, -0.2) is 34.2 Å². The molecule has 1 aliphatic heterocycles. The summed E-state index contributed by atoms with van der Waals surface area (Å²) < 4.78 is 30.6. The van der Waals surface area contributed by atoms with Crippen LogP contribution in [0.15, 0.2) is 121 Å². The van der Waals surface area contributed by atoms with Gasteiger partial charge in [-0.3, -0.25) is 0 Å². The van der Waals surface area contributed by atoms with Gasteiger partial charge in [0, 0.05) is 0 Å². The summed E-state index contributed by atoms with van der Waals surface area (Å²) in [5, 5.41) is 0. The Bertz CT molecular complexity index is 1340. The molecule has 0 spiro atoms. The molecule has 0 radical (unpaired) electrons. The Hall–Kier alpha value is -2.41.